The van der Waals surface area contributed by atoms with Crippen molar-refractivity contribution in [1.82, 2.24) is 0 Å². The number of fused-ring (bicyclic) bond motifs is 3. The van der Waals surface area contributed by atoms with E-state index in [1.165, 1.54) is 18.4 Å². The maximum atomic E-state index is 12.7. The molecule has 4 nitrogen and oxygen atoms in total. The Labute approximate surface area is 181 Å². The second-order valence-electron chi connectivity index (χ2n) is 7.54. The molecule has 0 unspecified atom stereocenters. The van der Waals surface area contributed by atoms with Gasteiger partial charge in [-0.25, -0.2) is 0 Å². The topological polar surface area (TPSA) is 51.5 Å². The number of carbonyl (C=O) groups is 1. The molecule has 1 aliphatic rings. The number of hydrogen-bond donors (Lipinski definition) is 1. The normalized spacial score (nSPS) is 13.9. The minimum atomic E-state index is -0.150. The summed E-state index contributed by atoms with van der Waals surface area (Å²) >= 11 is 1.65. The van der Waals surface area contributed by atoms with Crippen molar-refractivity contribution < 1.29 is 13.9 Å². The van der Waals surface area contributed by atoms with Crippen LogP contribution in [0.2, 0.25) is 0 Å². The van der Waals surface area contributed by atoms with Crippen molar-refractivity contribution in [3.8, 4) is 5.75 Å². The van der Waals surface area contributed by atoms with Gasteiger partial charge in [-0.05, 0) is 69.2 Å². The number of furan rings is 1. The van der Waals surface area contributed by atoms with E-state index in [0.29, 0.717) is 6.61 Å². The van der Waals surface area contributed by atoms with E-state index in [1.54, 1.807) is 17.8 Å². The van der Waals surface area contributed by atoms with E-state index >= 15 is 0 Å². The summed E-state index contributed by atoms with van der Waals surface area (Å²) in [5.41, 5.74) is 4.78. The van der Waals surface area contributed by atoms with Gasteiger partial charge in [-0.15, -0.1) is 11.8 Å². The van der Waals surface area contributed by atoms with Crippen LogP contribution < -0.4 is 10.1 Å². The van der Waals surface area contributed by atoms with E-state index in [9.17, 15) is 4.79 Å². The molecule has 5 heteroatoms. The Hall–Kier alpha value is -2.66. The van der Waals surface area contributed by atoms with Gasteiger partial charge in [0.15, 0.2) is 0 Å². The summed E-state index contributed by atoms with van der Waals surface area (Å²) in [6.07, 6.45) is 8.07. The molecule has 30 heavy (non-hydrogen) atoms. The summed E-state index contributed by atoms with van der Waals surface area (Å²) in [6.45, 7) is 4.47. The third kappa shape index (κ3) is 4.26. The van der Waals surface area contributed by atoms with Crippen molar-refractivity contribution >= 4 is 39.9 Å². The largest absolute Gasteiger partial charge is 0.493 e. The molecule has 3 aromatic rings. The molecule has 1 aliphatic carbocycles. The third-order valence-corrected chi connectivity index (χ3v) is 6.19. The fourth-order valence-electron chi connectivity index (χ4n) is 4.03. The van der Waals surface area contributed by atoms with Crippen LogP contribution in [-0.2, 0) is 17.6 Å². The number of hydrogen-bond acceptors (Lipinski definition) is 4. The Kier molecular flexibility index (Phi) is 6.18. The van der Waals surface area contributed by atoms with Gasteiger partial charge < -0.3 is 14.5 Å². The van der Waals surface area contributed by atoms with Crippen LogP contribution in [0.15, 0.2) is 51.8 Å². The molecular weight excluding hydrogens is 394 g/mol. The SMILES string of the molecule is CCOc1cc2oc3c(c2cc1/C(C)=C/C(=O)Nc1cccc(SC)c1)CCCC3. The van der Waals surface area contributed by atoms with Gasteiger partial charge >= 0.3 is 0 Å². The third-order valence-electron chi connectivity index (χ3n) is 5.47. The second-order valence-corrected chi connectivity index (χ2v) is 8.42. The summed E-state index contributed by atoms with van der Waals surface area (Å²) in [4.78, 5) is 13.8. The molecular formula is C25H27NO3S. The summed E-state index contributed by atoms with van der Waals surface area (Å²) in [5, 5.41) is 4.11. The first-order valence-electron chi connectivity index (χ1n) is 10.4. The van der Waals surface area contributed by atoms with Crippen molar-refractivity contribution in [3.05, 3.63) is 59.4 Å². The Morgan fingerprint density at radius 1 is 1.23 bits per heavy atom. The van der Waals surface area contributed by atoms with Crippen molar-refractivity contribution in [3.63, 3.8) is 0 Å². The average molecular weight is 422 g/mol. The van der Waals surface area contributed by atoms with E-state index in [1.807, 2.05) is 50.4 Å². The second kappa shape index (κ2) is 9.00. The van der Waals surface area contributed by atoms with Crippen LogP contribution in [0.4, 0.5) is 5.69 Å². The number of aryl methyl sites for hydroxylation is 2. The van der Waals surface area contributed by atoms with Gasteiger partial charge in [-0.1, -0.05) is 6.07 Å². The quantitative estimate of drug-likeness (QED) is 0.366. The molecule has 0 spiro atoms. The predicted molar refractivity (Wildman–Crippen MR) is 125 cm³/mol. The highest BCUT2D eigenvalue weighted by molar-refractivity contribution is 7.98. The zero-order chi connectivity index (χ0) is 21.1. The average Bonchev–Trinajstić information content (AvgIpc) is 3.10. The first-order chi connectivity index (χ1) is 14.6. The molecule has 2 aromatic carbocycles. The maximum Gasteiger partial charge on any atom is 0.248 e. The van der Waals surface area contributed by atoms with E-state index < -0.39 is 0 Å². The molecule has 0 bridgehead atoms. The summed E-state index contributed by atoms with van der Waals surface area (Å²) < 4.78 is 12.0. The Morgan fingerprint density at radius 3 is 2.87 bits per heavy atom. The lowest BCUT2D eigenvalue weighted by Crippen LogP contribution is -2.08. The molecule has 0 radical (unpaired) electrons. The molecule has 156 valence electrons. The Bertz CT molecular complexity index is 1110. The van der Waals surface area contributed by atoms with Gasteiger partial charge in [-0.2, -0.15) is 0 Å². The van der Waals surface area contributed by atoms with Crippen molar-refractivity contribution in [2.75, 3.05) is 18.2 Å². The van der Waals surface area contributed by atoms with Crippen LogP contribution in [0.5, 0.6) is 5.75 Å². The van der Waals surface area contributed by atoms with Gasteiger partial charge in [0.25, 0.3) is 0 Å². The van der Waals surface area contributed by atoms with Gasteiger partial charge in [0, 0.05) is 45.7 Å². The van der Waals surface area contributed by atoms with Crippen LogP contribution in [0, 0.1) is 0 Å². The number of carbonyl (C=O) groups excluding carboxylic acids is 1. The lowest BCUT2D eigenvalue weighted by atomic mass is 9.94. The maximum absolute atomic E-state index is 12.7. The molecule has 4 rings (SSSR count). The molecule has 1 aromatic heterocycles. The van der Waals surface area contributed by atoms with Gasteiger partial charge in [0.2, 0.25) is 5.91 Å². The van der Waals surface area contributed by atoms with E-state index in [0.717, 1.165) is 57.0 Å². The Morgan fingerprint density at radius 2 is 2.07 bits per heavy atom. The van der Waals surface area contributed by atoms with Gasteiger partial charge in [-0.3, -0.25) is 4.79 Å². The van der Waals surface area contributed by atoms with Gasteiger partial charge in [0.05, 0.1) is 6.61 Å². The number of ether oxygens (including phenoxy) is 1. The zero-order valence-corrected chi connectivity index (χ0v) is 18.5. The summed E-state index contributed by atoms with van der Waals surface area (Å²) in [6, 6.07) is 11.9. The van der Waals surface area contributed by atoms with E-state index in [-0.39, 0.29) is 5.91 Å². The first-order valence-corrected chi connectivity index (χ1v) is 11.7. The number of benzene rings is 2. The van der Waals surface area contributed by atoms with Crippen LogP contribution in [0.25, 0.3) is 16.5 Å². The highest BCUT2D eigenvalue weighted by Gasteiger charge is 2.20. The number of rotatable bonds is 6. The first kappa shape index (κ1) is 20.6. The van der Waals surface area contributed by atoms with Crippen LogP contribution in [-0.4, -0.2) is 18.8 Å². The molecule has 1 amide bonds. The lowest BCUT2D eigenvalue weighted by Gasteiger charge is -2.12. The fraction of sp³-hybridized carbons (Fsp3) is 0.320. The fourth-order valence-corrected chi connectivity index (χ4v) is 4.49. The number of allylic oxidation sites excluding steroid dienone is 1. The van der Waals surface area contributed by atoms with E-state index in [4.69, 9.17) is 9.15 Å². The highest BCUT2D eigenvalue weighted by atomic mass is 32.2. The highest BCUT2D eigenvalue weighted by Crippen LogP contribution is 2.38. The van der Waals surface area contributed by atoms with Gasteiger partial charge in [0.1, 0.15) is 17.1 Å². The lowest BCUT2D eigenvalue weighted by molar-refractivity contribution is -0.111. The standard InChI is InChI=1S/C25H27NO3S/c1-4-28-23-15-24-21(19-10-5-6-11-22(19)29-24)14-20(23)16(2)12-25(27)26-17-8-7-9-18(13-17)30-3/h7-9,12-15H,4-6,10-11H2,1-3H3,(H,26,27)/b16-12+. The number of thioether (sulfide) groups is 1. The predicted octanol–water partition coefficient (Wildman–Crippen LogP) is 6.47. The van der Waals surface area contributed by atoms with Crippen LogP contribution in [0.3, 0.4) is 0 Å². The summed E-state index contributed by atoms with van der Waals surface area (Å²) in [5.74, 6) is 1.70. The zero-order valence-electron chi connectivity index (χ0n) is 17.7. The number of amides is 1. The molecule has 0 aliphatic heterocycles. The molecule has 1 N–H and O–H groups in total. The number of anilines is 1. The Balaban J connectivity index is 1.67. The number of nitrogens with one attached hydrogen (secondary N) is 1. The summed E-state index contributed by atoms with van der Waals surface area (Å²) in [7, 11) is 0. The van der Waals surface area contributed by atoms with Crippen molar-refractivity contribution in [2.45, 2.75) is 44.4 Å². The molecule has 0 saturated carbocycles. The molecule has 0 atom stereocenters. The molecule has 0 fully saturated rings. The van der Waals surface area contributed by atoms with Crippen LogP contribution >= 0.6 is 11.8 Å². The van der Waals surface area contributed by atoms with Crippen molar-refractivity contribution in [2.24, 2.45) is 0 Å². The molecule has 0 saturated heterocycles. The van der Waals surface area contributed by atoms with Crippen LogP contribution in [0.1, 0.15) is 43.6 Å². The minimum Gasteiger partial charge on any atom is -0.493 e. The molecule has 1 heterocycles. The van der Waals surface area contributed by atoms with E-state index in [2.05, 4.69) is 11.4 Å². The smallest absolute Gasteiger partial charge is 0.248 e. The minimum absolute atomic E-state index is 0.150. The van der Waals surface area contributed by atoms with Crippen molar-refractivity contribution in [1.29, 1.82) is 0 Å². The monoisotopic (exact) mass is 421 g/mol.